The van der Waals surface area contributed by atoms with Crippen LogP contribution in [0.15, 0.2) is 36.7 Å². The fraction of sp³-hybridized carbons (Fsp3) is 0.500. The molecule has 0 aliphatic heterocycles. The van der Waals surface area contributed by atoms with Crippen LogP contribution in [0.1, 0.15) is 52.7 Å². The van der Waals surface area contributed by atoms with Crippen LogP contribution in [0.4, 0.5) is 0 Å². The highest BCUT2D eigenvalue weighted by Crippen LogP contribution is 2.40. The summed E-state index contributed by atoms with van der Waals surface area (Å²) in [6, 6.07) is 8.10. The Kier molecular flexibility index (Phi) is 6.72. The third-order valence-electron chi connectivity index (χ3n) is 5.43. The van der Waals surface area contributed by atoms with Gasteiger partial charge in [-0.3, -0.25) is 4.68 Å². The summed E-state index contributed by atoms with van der Waals surface area (Å²) < 4.78 is 7.16. The van der Waals surface area contributed by atoms with Crippen molar-refractivity contribution < 1.29 is 4.74 Å². The maximum absolute atomic E-state index is 5.21. The van der Waals surface area contributed by atoms with E-state index in [0.717, 1.165) is 17.9 Å². The molecule has 0 radical (unpaired) electrons. The molecule has 0 aliphatic rings. The van der Waals surface area contributed by atoms with Gasteiger partial charge in [-0.05, 0) is 34.3 Å². The molecular formula is C22H32N2OSi. The Labute approximate surface area is 159 Å². The van der Waals surface area contributed by atoms with Crippen LogP contribution in [0.2, 0.25) is 16.6 Å². The summed E-state index contributed by atoms with van der Waals surface area (Å²) in [5.74, 6) is 4.34. The summed E-state index contributed by atoms with van der Waals surface area (Å²) in [5.41, 5.74) is 7.90. The Morgan fingerprint density at radius 3 is 2.08 bits per heavy atom. The van der Waals surface area contributed by atoms with Crippen molar-refractivity contribution in [2.75, 3.05) is 7.11 Å². The Bertz CT molecular complexity index is 742. The predicted octanol–water partition coefficient (Wildman–Crippen LogP) is 5.51. The summed E-state index contributed by atoms with van der Waals surface area (Å²) in [6.45, 7) is 14.8. The first kappa shape index (κ1) is 20.3. The largest absolute Gasteiger partial charge is 0.497 e. The van der Waals surface area contributed by atoms with Crippen LogP contribution in [0, 0.1) is 11.5 Å². The molecular weight excluding hydrogens is 336 g/mol. The Balaban J connectivity index is 2.20. The average Bonchev–Trinajstić information content (AvgIpc) is 3.02. The zero-order valence-electron chi connectivity index (χ0n) is 17.2. The average molecular weight is 369 g/mol. The molecule has 0 amide bonds. The van der Waals surface area contributed by atoms with Gasteiger partial charge in [-0.1, -0.05) is 59.6 Å². The third-order valence-corrected chi connectivity index (χ3v) is 11.7. The lowest BCUT2D eigenvalue weighted by atomic mass is 10.2. The summed E-state index contributed by atoms with van der Waals surface area (Å²) in [5, 5.41) is 4.49. The van der Waals surface area contributed by atoms with E-state index < -0.39 is 8.07 Å². The van der Waals surface area contributed by atoms with Crippen LogP contribution in [-0.4, -0.2) is 25.0 Å². The Hall–Kier alpha value is -1.99. The van der Waals surface area contributed by atoms with Gasteiger partial charge in [0.05, 0.1) is 25.4 Å². The molecule has 0 N–H and O–H groups in total. The highest BCUT2D eigenvalue weighted by Gasteiger charge is 2.41. The molecule has 0 fully saturated rings. The van der Waals surface area contributed by atoms with Crippen LogP contribution in [0.5, 0.6) is 5.75 Å². The first-order valence-corrected chi connectivity index (χ1v) is 11.7. The van der Waals surface area contributed by atoms with Crippen molar-refractivity contribution in [2.45, 2.75) is 64.7 Å². The molecule has 26 heavy (non-hydrogen) atoms. The smallest absolute Gasteiger partial charge is 0.146 e. The molecule has 0 atom stereocenters. The van der Waals surface area contributed by atoms with Crippen LogP contribution >= 0.6 is 0 Å². The third kappa shape index (κ3) is 4.39. The zero-order chi connectivity index (χ0) is 19.3. The fourth-order valence-corrected chi connectivity index (χ4v) is 9.27. The molecule has 2 rings (SSSR count). The van der Waals surface area contributed by atoms with E-state index in [1.807, 2.05) is 23.0 Å². The van der Waals surface area contributed by atoms with Gasteiger partial charge in [-0.25, -0.2) is 0 Å². The van der Waals surface area contributed by atoms with Crippen LogP contribution in [0.3, 0.4) is 0 Å². The van der Waals surface area contributed by atoms with E-state index in [0.29, 0.717) is 16.6 Å². The summed E-state index contributed by atoms with van der Waals surface area (Å²) in [6.07, 6.45) is 3.94. The van der Waals surface area contributed by atoms with Gasteiger partial charge in [0.25, 0.3) is 0 Å². The van der Waals surface area contributed by atoms with Crippen LogP contribution in [0.25, 0.3) is 0 Å². The SMILES string of the molecule is COc1ccc(Cn2cc(C#C[Si](C(C)C)(C(C)C)C(C)C)cn2)cc1. The molecule has 0 saturated carbocycles. The minimum absolute atomic E-state index is 0.643. The monoisotopic (exact) mass is 368 g/mol. The second-order valence-corrected chi connectivity index (χ2v) is 13.5. The van der Waals surface area contributed by atoms with Gasteiger partial charge in [0.2, 0.25) is 0 Å². The number of ether oxygens (including phenoxy) is 1. The van der Waals surface area contributed by atoms with Gasteiger partial charge in [-0.2, -0.15) is 5.10 Å². The molecule has 2 aromatic rings. The minimum atomic E-state index is -1.70. The van der Waals surface area contributed by atoms with Gasteiger partial charge < -0.3 is 4.74 Å². The van der Waals surface area contributed by atoms with Crippen molar-refractivity contribution in [3.63, 3.8) is 0 Å². The standard InChI is InChI=1S/C22H32N2OSi/c1-17(2)26(18(3)4,19(5)6)13-12-21-14-23-24(16-21)15-20-8-10-22(25-7)11-9-20/h8-11,14,16-19H,15H2,1-7H3. The molecule has 0 spiro atoms. The van der Waals surface area contributed by atoms with Gasteiger partial charge >= 0.3 is 0 Å². The number of hydrogen-bond acceptors (Lipinski definition) is 2. The quantitative estimate of drug-likeness (QED) is 0.496. The lowest BCUT2D eigenvalue weighted by molar-refractivity contribution is 0.414. The Morgan fingerprint density at radius 1 is 1.00 bits per heavy atom. The van der Waals surface area contributed by atoms with Crippen molar-refractivity contribution in [3.8, 4) is 17.2 Å². The van der Waals surface area contributed by atoms with Gasteiger partial charge in [0.1, 0.15) is 13.8 Å². The van der Waals surface area contributed by atoms with Gasteiger partial charge in [-0.15, -0.1) is 5.54 Å². The van der Waals surface area contributed by atoms with E-state index in [4.69, 9.17) is 4.74 Å². The summed E-state index contributed by atoms with van der Waals surface area (Å²) >= 11 is 0. The van der Waals surface area contributed by atoms with Crippen molar-refractivity contribution in [1.82, 2.24) is 9.78 Å². The van der Waals surface area contributed by atoms with E-state index in [-0.39, 0.29) is 0 Å². The Morgan fingerprint density at radius 2 is 1.58 bits per heavy atom. The predicted molar refractivity (Wildman–Crippen MR) is 112 cm³/mol. The zero-order valence-corrected chi connectivity index (χ0v) is 18.2. The fourth-order valence-electron chi connectivity index (χ4n) is 4.05. The lowest BCUT2D eigenvalue weighted by Crippen LogP contribution is -2.43. The minimum Gasteiger partial charge on any atom is -0.497 e. The normalized spacial score (nSPS) is 11.8. The molecule has 0 saturated heterocycles. The maximum Gasteiger partial charge on any atom is 0.146 e. The molecule has 1 heterocycles. The van der Waals surface area contributed by atoms with E-state index in [1.165, 1.54) is 5.56 Å². The number of aromatic nitrogens is 2. The highest BCUT2D eigenvalue weighted by molar-refractivity contribution is 6.90. The number of hydrogen-bond donors (Lipinski definition) is 0. The highest BCUT2D eigenvalue weighted by atomic mass is 28.3. The molecule has 0 aliphatic carbocycles. The molecule has 3 nitrogen and oxygen atoms in total. The molecule has 1 aromatic carbocycles. The van der Waals surface area contributed by atoms with Crippen molar-refractivity contribution >= 4 is 8.07 Å². The molecule has 1 aromatic heterocycles. The number of rotatable bonds is 6. The van der Waals surface area contributed by atoms with E-state index in [9.17, 15) is 0 Å². The summed E-state index contributed by atoms with van der Waals surface area (Å²) in [7, 11) is -0.0150. The molecule has 140 valence electrons. The van der Waals surface area contributed by atoms with E-state index >= 15 is 0 Å². The van der Waals surface area contributed by atoms with Crippen molar-refractivity contribution in [1.29, 1.82) is 0 Å². The van der Waals surface area contributed by atoms with E-state index in [1.54, 1.807) is 7.11 Å². The van der Waals surface area contributed by atoms with Crippen LogP contribution < -0.4 is 4.74 Å². The molecule has 4 heteroatoms. The first-order chi connectivity index (χ1) is 12.3. The van der Waals surface area contributed by atoms with Crippen molar-refractivity contribution in [2.24, 2.45) is 0 Å². The van der Waals surface area contributed by atoms with Gasteiger partial charge in [0, 0.05) is 6.20 Å². The first-order valence-electron chi connectivity index (χ1n) is 9.48. The lowest BCUT2D eigenvalue weighted by Gasteiger charge is -2.38. The number of nitrogens with zero attached hydrogens (tertiary/aromatic N) is 2. The molecule has 0 bridgehead atoms. The topological polar surface area (TPSA) is 27.1 Å². The van der Waals surface area contributed by atoms with Crippen LogP contribution in [-0.2, 0) is 6.54 Å². The number of benzene rings is 1. The van der Waals surface area contributed by atoms with Crippen molar-refractivity contribution in [3.05, 3.63) is 47.8 Å². The summed E-state index contributed by atoms with van der Waals surface area (Å²) in [4.78, 5) is 0. The molecule has 0 unspecified atom stereocenters. The van der Waals surface area contributed by atoms with E-state index in [2.05, 4.69) is 76.4 Å². The van der Waals surface area contributed by atoms with Gasteiger partial charge in [0.15, 0.2) is 0 Å². The second-order valence-electron chi connectivity index (χ2n) is 7.92. The number of methoxy groups -OCH3 is 1. The second kappa shape index (κ2) is 8.59. The maximum atomic E-state index is 5.21.